The molecule has 0 saturated heterocycles. The number of aryl methyl sites for hydroxylation is 2. The van der Waals surface area contributed by atoms with Gasteiger partial charge in [-0.05, 0) is 29.3 Å². The van der Waals surface area contributed by atoms with E-state index in [2.05, 4.69) is 43.2 Å². The molecule has 8 nitrogen and oxygen atoms in total. The van der Waals surface area contributed by atoms with Gasteiger partial charge in [-0.1, -0.05) is 12.1 Å². The first-order valence-electron chi connectivity index (χ1n) is 6.22. The fraction of sp³-hybridized carbons (Fsp3) is 0.455. The van der Waals surface area contributed by atoms with E-state index in [1.807, 2.05) is 11.6 Å². The minimum absolute atomic E-state index is 0.110. The standard InChI is InChI=1S/C11H16BrN7O/c1-3-7-9(12)8(19(4-2)15-7)5-18-6-14-11(16-18)10(13)17-20/h6,20H,3-5H2,1-2H3,(H2,13,17). The molecule has 0 aliphatic rings. The lowest BCUT2D eigenvalue weighted by molar-refractivity contribution is 0.318. The molecule has 2 aromatic rings. The molecule has 0 saturated carbocycles. The van der Waals surface area contributed by atoms with Crippen LogP contribution in [0.25, 0.3) is 0 Å². The Kier molecular flexibility index (Phi) is 4.38. The van der Waals surface area contributed by atoms with Crippen molar-refractivity contribution in [3.05, 3.63) is 28.0 Å². The van der Waals surface area contributed by atoms with Gasteiger partial charge in [0.1, 0.15) is 6.33 Å². The zero-order valence-electron chi connectivity index (χ0n) is 11.3. The van der Waals surface area contributed by atoms with Crippen molar-refractivity contribution < 1.29 is 5.21 Å². The number of halogens is 1. The third-order valence-electron chi connectivity index (χ3n) is 2.88. The predicted molar refractivity (Wildman–Crippen MR) is 76.6 cm³/mol. The van der Waals surface area contributed by atoms with Gasteiger partial charge < -0.3 is 10.9 Å². The topological polar surface area (TPSA) is 107 Å². The van der Waals surface area contributed by atoms with Crippen molar-refractivity contribution in [3.63, 3.8) is 0 Å². The summed E-state index contributed by atoms with van der Waals surface area (Å²) in [6, 6.07) is 0. The lowest BCUT2D eigenvalue weighted by Crippen LogP contribution is -2.16. The quantitative estimate of drug-likeness (QED) is 0.364. The first-order chi connectivity index (χ1) is 9.60. The summed E-state index contributed by atoms with van der Waals surface area (Å²) in [5.74, 6) is 0.0861. The van der Waals surface area contributed by atoms with Crippen molar-refractivity contribution in [1.82, 2.24) is 24.5 Å². The molecule has 0 aliphatic heterocycles. The second-order valence-electron chi connectivity index (χ2n) is 4.13. The minimum atomic E-state index is -0.110. The Morgan fingerprint density at radius 1 is 1.45 bits per heavy atom. The molecule has 108 valence electrons. The van der Waals surface area contributed by atoms with Crippen molar-refractivity contribution in [2.75, 3.05) is 0 Å². The molecule has 0 bridgehead atoms. The number of amidine groups is 1. The molecule has 20 heavy (non-hydrogen) atoms. The molecule has 0 spiro atoms. The fourth-order valence-electron chi connectivity index (χ4n) is 1.85. The Bertz CT molecular complexity index is 631. The lowest BCUT2D eigenvalue weighted by atomic mass is 10.3. The maximum atomic E-state index is 8.60. The van der Waals surface area contributed by atoms with Crippen LogP contribution in [0.4, 0.5) is 0 Å². The predicted octanol–water partition coefficient (Wildman–Crippen LogP) is 0.962. The smallest absolute Gasteiger partial charge is 0.219 e. The SMILES string of the molecule is CCc1nn(CC)c(Cn2cnc(C(N)=NO)n2)c1Br. The normalized spacial score (nSPS) is 12.1. The maximum absolute atomic E-state index is 8.60. The van der Waals surface area contributed by atoms with Gasteiger partial charge in [0.15, 0.2) is 0 Å². The van der Waals surface area contributed by atoms with Crippen molar-refractivity contribution >= 4 is 21.8 Å². The molecular weight excluding hydrogens is 326 g/mol. The average Bonchev–Trinajstić information content (AvgIpc) is 3.04. The molecule has 9 heteroatoms. The van der Waals surface area contributed by atoms with Crippen LogP contribution in [0, 0.1) is 0 Å². The van der Waals surface area contributed by atoms with Crippen LogP contribution in [-0.4, -0.2) is 35.6 Å². The van der Waals surface area contributed by atoms with Crippen LogP contribution in [0.5, 0.6) is 0 Å². The van der Waals surface area contributed by atoms with Crippen LogP contribution >= 0.6 is 15.9 Å². The summed E-state index contributed by atoms with van der Waals surface area (Å²) in [5, 5.41) is 20.2. The van der Waals surface area contributed by atoms with E-state index in [-0.39, 0.29) is 11.7 Å². The molecule has 0 aromatic carbocycles. The van der Waals surface area contributed by atoms with Gasteiger partial charge in [0, 0.05) is 6.54 Å². The molecule has 2 rings (SSSR count). The zero-order valence-corrected chi connectivity index (χ0v) is 12.9. The number of oxime groups is 1. The van der Waals surface area contributed by atoms with Gasteiger partial charge in [-0.3, -0.25) is 4.68 Å². The largest absolute Gasteiger partial charge is 0.409 e. The summed E-state index contributed by atoms with van der Waals surface area (Å²) in [6.07, 6.45) is 2.39. The van der Waals surface area contributed by atoms with Crippen LogP contribution in [-0.2, 0) is 19.5 Å². The van der Waals surface area contributed by atoms with E-state index < -0.39 is 0 Å². The van der Waals surface area contributed by atoms with E-state index in [1.165, 1.54) is 0 Å². The monoisotopic (exact) mass is 341 g/mol. The highest BCUT2D eigenvalue weighted by Gasteiger charge is 2.15. The summed E-state index contributed by atoms with van der Waals surface area (Å²) >= 11 is 3.58. The molecular formula is C11H16BrN7O. The zero-order chi connectivity index (χ0) is 14.7. The van der Waals surface area contributed by atoms with Gasteiger partial charge in [0.2, 0.25) is 11.7 Å². The van der Waals surface area contributed by atoms with Gasteiger partial charge >= 0.3 is 0 Å². The number of rotatable bonds is 5. The Labute approximate surface area is 124 Å². The molecule has 2 heterocycles. The van der Waals surface area contributed by atoms with Gasteiger partial charge in [-0.15, -0.1) is 5.10 Å². The van der Waals surface area contributed by atoms with Gasteiger partial charge in [-0.2, -0.15) is 5.10 Å². The summed E-state index contributed by atoms with van der Waals surface area (Å²) < 4.78 is 4.54. The molecule has 0 radical (unpaired) electrons. The second kappa shape index (κ2) is 6.04. The molecule has 2 aromatic heterocycles. The van der Waals surface area contributed by atoms with Gasteiger partial charge in [-0.25, -0.2) is 9.67 Å². The Balaban J connectivity index is 2.30. The molecule has 0 unspecified atom stereocenters. The summed E-state index contributed by atoms with van der Waals surface area (Å²) in [5.41, 5.74) is 7.47. The summed E-state index contributed by atoms with van der Waals surface area (Å²) in [7, 11) is 0. The summed E-state index contributed by atoms with van der Waals surface area (Å²) in [4.78, 5) is 3.99. The van der Waals surface area contributed by atoms with Crippen LogP contribution in [0.1, 0.15) is 31.1 Å². The molecule has 0 aliphatic carbocycles. The summed E-state index contributed by atoms with van der Waals surface area (Å²) in [6.45, 7) is 5.37. The van der Waals surface area contributed by atoms with Crippen LogP contribution < -0.4 is 5.73 Å². The molecule has 0 atom stereocenters. The van der Waals surface area contributed by atoms with E-state index in [9.17, 15) is 0 Å². The van der Waals surface area contributed by atoms with Crippen molar-refractivity contribution in [3.8, 4) is 0 Å². The van der Waals surface area contributed by atoms with Gasteiger partial charge in [0.25, 0.3) is 0 Å². The Morgan fingerprint density at radius 3 is 2.80 bits per heavy atom. The first-order valence-corrected chi connectivity index (χ1v) is 7.01. The third-order valence-corrected chi connectivity index (χ3v) is 3.79. The molecule has 0 amide bonds. The van der Waals surface area contributed by atoms with Crippen molar-refractivity contribution in [2.24, 2.45) is 10.9 Å². The van der Waals surface area contributed by atoms with E-state index in [4.69, 9.17) is 10.9 Å². The third kappa shape index (κ3) is 2.67. The number of nitrogens with two attached hydrogens (primary N) is 1. The van der Waals surface area contributed by atoms with Crippen LogP contribution in [0.2, 0.25) is 0 Å². The van der Waals surface area contributed by atoms with E-state index in [0.717, 1.165) is 28.8 Å². The highest BCUT2D eigenvalue weighted by atomic mass is 79.9. The average molecular weight is 342 g/mol. The van der Waals surface area contributed by atoms with Gasteiger partial charge in [0.05, 0.1) is 22.4 Å². The first kappa shape index (κ1) is 14.5. The Hall–Kier alpha value is -1.90. The molecule has 3 N–H and O–H groups in total. The second-order valence-corrected chi connectivity index (χ2v) is 4.92. The van der Waals surface area contributed by atoms with E-state index in [0.29, 0.717) is 6.54 Å². The number of aromatic nitrogens is 5. The van der Waals surface area contributed by atoms with Crippen LogP contribution in [0.3, 0.4) is 0 Å². The minimum Gasteiger partial charge on any atom is -0.409 e. The van der Waals surface area contributed by atoms with Crippen LogP contribution in [0.15, 0.2) is 16.0 Å². The fourth-order valence-corrected chi connectivity index (χ4v) is 2.54. The van der Waals surface area contributed by atoms with Crippen molar-refractivity contribution in [2.45, 2.75) is 33.4 Å². The maximum Gasteiger partial charge on any atom is 0.219 e. The van der Waals surface area contributed by atoms with E-state index in [1.54, 1.807) is 11.0 Å². The lowest BCUT2D eigenvalue weighted by Gasteiger charge is -2.05. The highest BCUT2D eigenvalue weighted by molar-refractivity contribution is 9.10. The highest BCUT2D eigenvalue weighted by Crippen LogP contribution is 2.22. The Morgan fingerprint density at radius 2 is 2.20 bits per heavy atom. The number of hydrogen-bond donors (Lipinski definition) is 2. The molecule has 0 fully saturated rings. The number of nitrogens with zero attached hydrogens (tertiary/aromatic N) is 6. The number of hydrogen-bond acceptors (Lipinski definition) is 5. The van der Waals surface area contributed by atoms with Crippen molar-refractivity contribution in [1.29, 1.82) is 0 Å². The van der Waals surface area contributed by atoms with E-state index >= 15 is 0 Å².